The fourth-order valence-electron chi connectivity index (χ4n) is 3.75. The van der Waals surface area contributed by atoms with Crippen molar-refractivity contribution in [1.29, 1.82) is 0 Å². The lowest BCUT2D eigenvalue weighted by Crippen LogP contribution is -2.50. The van der Waals surface area contributed by atoms with Crippen LogP contribution in [0.1, 0.15) is 37.7 Å². The topological polar surface area (TPSA) is 15.3 Å². The van der Waals surface area contributed by atoms with E-state index in [1.54, 1.807) is 0 Å². The fraction of sp³-hybridized carbons (Fsp3) is 0.647. The maximum absolute atomic E-state index is 3.49. The first-order valence-electron chi connectivity index (χ1n) is 7.94. The zero-order chi connectivity index (χ0) is 12.9. The Morgan fingerprint density at radius 3 is 2.58 bits per heavy atom. The molecule has 1 aromatic carbocycles. The van der Waals surface area contributed by atoms with Gasteiger partial charge in [0.15, 0.2) is 0 Å². The van der Waals surface area contributed by atoms with Gasteiger partial charge in [-0.1, -0.05) is 36.8 Å². The van der Waals surface area contributed by atoms with Crippen molar-refractivity contribution in [2.75, 3.05) is 19.6 Å². The minimum atomic E-state index is 0.777. The van der Waals surface area contributed by atoms with Gasteiger partial charge in [0.05, 0.1) is 0 Å². The highest BCUT2D eigenvalue weighted by atomic mass is 15.2. The van der Waals surface area contributed by atoms with Crippen molar-refractivity contribution in [3.63, 3.8) is 0 Å². The molecule has 2 saturated heterocycles. The number of nitrogens with zero attached hydrogens (tertiary/aromatic N) is 1. The lowest BCUT2D eigenvalue weighted by atomic mass is 9.91. The predicted octanol–water partition coefficient (Wildman–Crippen LogP) is 2.84. The summed E-state index contributed by atoms with van der Waals surface area (Å²) in [6.07, 6.45) is 8.12. The molecule has 0 radical (unpaired) electrons. The minimum absolute atomic E-state index is 0.777. The van der Waals surface area contributed by atoms with Gasteiger partial charge >= 0.3 is 0 Å². The first-order chi connectivity index (χ1) is 9.43. The molecule has 1 N–H and O–H groups in total. The van der Waals surface area contributed by atoms with Gasteiger partial charge in [0, 0.05) is 12.1 Å². The van der Waals surface area contributed by atoms with Crippen molar-refractivity contribution in [2.45, 2.75) is 50.6 Å². The molecule has 2 aliphatic rings. The largest absolute Gasteiger partial charge is 0.317 e. The first-order valence-corrected chi connectivity index (χ1v) is 7.94. The van der Waals surface area contributed by atoms with Gasteiger partial charge in [-0.25, -0.2) is 0 Å². The Balaban J connectivity index is 1.66. The number of hydrogen-bond acceptors (Lipinski definition) is 2. The standard InChI is InChI=1S/C17H26N2/c1-2-6-15(7-3-1)14-17-8-4-5-13-19(17)16-9-11-18-12-10-16/h1-3,6-7,16-18H,4-5,8-14H2. The van der Waals surface area contributed by atoms with Crippen molar-refractivity contribution in [3.8, 4) is 0 Å². The van der Waals surface area contributed by atoms with Crippen LogP contribution < -0.4 is 5.32 Å². The highest BCUT2D eigenvalue weighted by Gasteiger charge is 2.29. The lowest BCUT2D eigenvalue weighted by Gasteiger charge is -2.43. The molecule has 1 unspecified atom stereocenters. The summed E-state index contributed by atoms with van der Waals surface area (Å²) in [5.74, 6) is 0. The Kier molecular flexibility index (Phi) is 4.52. The Bertz CT molecular complexity index is 370. The lowest BCUT2D eigenvalue weighted by molar-refractivity contribution is 0.0763. The SMILES string of the molecule is c1ccc(CC2CCCCN2C2CCNCC2)cc1. The van der Waals surface area contributed by atoms with Crippen molar-refractivity contribution >= 4 is 0 Å². The normalized spacial score (nSPS) is 26.4. The zero-order valence-electron chi connectivity index (χ0n) is 11.9. The smallest absolute Gasteiger partial charge is 0.0139 e. The number of nitrogens with one attached hydrogen (secondary N) is 1. The minimum Gasteiger partial charge on any atom is -0.317 e. The number of rotatable bonds is 3. The van der Waals surface area contributed by atoms with E-state index in [4.69, 9.17) is 0 Å². The highest BCUT2D eigenvalue weighted by Crippen LogP contribution is 2.26. The molecule has 104 valence electrons. The van der Waals surface area contributed by atoms with E-state index < -0.39 is 0 Å². The van der Waals surface area contributed by atoms with Gasteiger partial charge in [-0.2, -0.15) is 0 Å². The Labute approximate surface area is 117 Å². The van der Waals surface area contributed by atoms with Gasteiger partial charge < -0.3 is 5.32 Å². The first kappa shape index (κ1) is 13.1. The molecule has 0 aromatic heterocycles. The van der Waals surface area contributed by atoms with Crippen molar-refractivity contribution < 1.29 is 0 Å². The quantitative estimate of drug-likeness (QED) is 0.897. The van der Waals surface area contributed by atoms with E-state index in [1.807, 2.05) is 0 Å². The Morgan fingerprint density at radius 2 is 1.79 bits per heavy atom. The Morgan fingerprint density at radius 1 is 1.00 bits per heavy atom. The van der Waals surface area contributed by atoms with Gasteiger partial charge in [0.2, 0.25) is 0 Å². The molecule has 2 nitrogen and oxygen atoms in total. The van der Waals surface area contributed by atoms with Gasteiger partial charge in [-0.15, -0.1) is 0 Å². The Hall–Kier alpha value is -0.860. The van der Waals surface area contributed by atoms with Crippen LogP contribution in [0.15, 0.2) is 30.3 Å². The van der Waals surface area contributed by atoms with Gasteiger partial charge in [0.25, 0.3) is 0 Å². The van der Waals surface area contributed by atoms with Crippen LogP contribution in [0.25, 0.3) is 0 Å². The van der Waals surface area contributed by atoms with E-state index in [1.165, 1.54) is 63.7 Å². The summed E-state index contributed by atoms with van der Waals surface area (Å²) in [5.41, 5.74) is 1.51. The molecule has 3 rings (SSSR count). The van der Waals surface area contributed by atoms with E-state index in [-0.39, 0.29) is 0 Å². The molecule has 0 spiro atoms. The van der Waals surface area contributed by atoms with Crippen LogP contribution in [0, 0.1) is 0 Å². The molecule has 2 fully saturated rings. The van der Waals surface area contributed by atoms with E-state index >= 15 is 0 Å². The molecule has 0 bridgehead atoms. The molecular weight excluding hydrogens is 232 g/mol. The summed E-state index contributed by atoms with van der Waals surface area (Å²) in [7, 11) is 0. The zero-order valence-corrected chi connectivity index (χ0v) is 11.9. The van der Waals surface area contributed by atoms with Crippen LogP contribution in [0.5, 0.6) is 0 Å². The average Bonchev–Trinajstić information content (AvgIpc) is 2.50. The highest BCUT2D eigenvalue weighted by molar-refractivity contribution is 5.16. The van der Waals surface area contributed by atoms with Crippen LogP contribution in [0.3, 0.4) is 0 Å². The van der Waals surface area contributed by atoms with E-state index in [0.717, 1.165) is 12.1 Å². The molecule has 2 heteroatoms. The summed E-state index contributed by atoms with van der Waals surface area (Å²) in [5, 5.41) is 3.49. The van der Waals surface area contributed by atoms with Crippen molar-refractivity contribution in [3.05, 3.63) is 35.9 Å². The van der Waals surface area contributed by atoms with E-state index in [9.17, 15) is 0 Å². The van der Waals surface area contributed by atoms with Crippen LogP contribution in [0.2, 0.25) is 0 Å². The second-order valence-corrected chi connectivity index (χ2v) is 6.06. The molecule has 0 saturated carbocycles. The van der Waals surface area contributed by atoms with Gasteiger partial charge in [0.1, 0.15) is 0 Å². The molecule has 2 aliphatic heterocycles. The number of hydrogen-bond donors (Lipinski definition) is 1. The third-order valence-electron chi connectivity index (χ3n) is 4.76. The van der Waals surface area contributed by atoms with Crippen molar-refractivity contribution in [1.82, 2.24) is 10.2 Å². The third kappa shape index (κ3) is 3.37. The maximum Gasteiger partial charge on any atom is 0.0139 e. The maximum atomic E-state index is 3.49. The second-order valence-electron chi connectivity index (χ2n) is 6.06. The molecule has 0 amide bonds. The molecule has 19 heavy (non-hydrogen) atoms. The molecular formula is C17H26N2. The number of piperidine rings is 2. The number of benzene rings is 1. The van der Waals surface area contributed by atoms with E-state index in [0.29, 0.717) is 0 Å². The molecule has 1 atom stereocenters. The summed E-state index contributed by atoms with van der Waals surface area (Å²) in [6.45, 7) is 3.74. The summed E-state index contributed by atoms with van der Waals surface area (Å²) in [6, 6.07) is 12.6. The van der Waals surface area contributed by atoms with Crippen LogP contribution in [-0.4, -0.2) is 36.6 Å². The third-order valence-corrected chi connectivity index (χ3v) is 4.76. The van der Waals surface area contributed by atoms with Crippen LogP contribution in [-0.2, 0) is 6.42 Å². The van der Waals surface area contributed by atoms with Crippen molar-refractivity contribution in [2.24, 2.45) is 0 Å². The van der Waals surface area contributed by atoms with Crippen LogP contribution >= 0.6 is 0 Å². The second kappa shape index (κ2) is 6.53. The summed E-state index contributed by atoms with van der Waals surface area (Å²) >= 11 is 0. The fourth-order valence-corrected chi connectivity index (χ4v) is 3.75. The summed E-state index contributed by atoms with van der Waals surface area (Å²) in [4.78, 5) is 2.83. The van der Waals surface area contributed by atoms with E-state index in [2.05, 4.69) is 40.5 Å². The molecule has 1 aromatic rings. The molecule has 2 heterocycles. The summed E-state index contributed by atoms with van der Waals surface area (Å²) < 4.78 is 0. The average molecular weight is 258 g/mol. The molecule has 0 aliphatic carbocycles. The number of likely N-dealkylation sites (tertiary alicyclic amines) is 1. The van der Waals surface area contributed by atoms with Gasteiger partial charge in [-0.3, -0.25) is 4.90 Å². The van der Waals surface area contributed by atoms with Gasteiger partial charge in [-0.05, 0) is 57.3 Å². The monoisotopic (exact) mass is 258 g/mol. The predicted molar refractivity (Wildman–Crippen MR) is 80.4 cm³/mol. The van der Waals surface area contributed by atoms with Crippen LogP contribution in [0.4, 0.5) is 0 Å².